The summed E-state index contributed by atoms with van der Waals surface area (Å²) in [6.45, 7) is 9.76. The molecule has 3 rings (SSSR count). The fourth-order valence-electron chi connectivity index (χ4n) is 3.51. The summed E-state index contributed by atoms with van der Waals surface area (Å²) < 4.78 is 13.0. The maximum atomic E-state index is 12.4. The van der Waals surface area contributed by atoms with Crippen LogP contribution in [0.15, 0.2) is 42.6 Å². The average Bonchev–Trinajstić information content (AvgIpc) is 3.03. The summed E-state index contributed by atoms with van der Waals surface area (Å²) in [7, 11) is 1.61. The molecule has 0 spiro atoms. The van der Waals surface area contributed by atoms with Crippen LogP contribution in [0, 0.1) is 19.8 Å². The van der Waals surface area contributed by atoms with E-state index in [4.69, 9.17) is 9.47 Å². The Morgan fingerprint density at radius 3 is 2.62 bits per heavy atom. The summed E-state index contributed by atoms with van der Waals surface area (Å²) in [6, 6.07) is 11.0. The molecular weight excluding hydrogens is 404 g/mol. The van der Waals surface area contributed by atoms with Gasteiger partial charge in [0.2, 0.25) is 11.8 Å². The van der Waals surface area contributed by atoms with E-state index in [1.165, 1.54) is 5.56 Å². The highest BCUT2D eigenvalue weighted by Crippen LogP contribution is 2.23. The Morgan fingerprint density at radius 1 is 1.16 bits per heavy atom. The Hall–Kier alpha value is -3.35. The summed E-state index contributed by atoms with van der Waals surface area (Å²) in [5.41, 5.74) is 4.24. The van der Waals surface area contributed by atoms with Crippen molar-refractivity contribution in [3.8, 4) is 17.4 Å². The highest BCUT2D eigenvalue weighted by atomic mass is 16.5. The predicted octanol–water partition coefficient (Wildman–Crippen LogP) is 4.60. The van der Waals surface area contributed by atoms with Crippen molar-refractivity contribution in [1.29, 1.82) is 0 Å². The third kappa shape index (κ3) is 6.33. The summed E-state index contributed by atoms with van der Waals surface area (Å²) in [5.74, 6) is 2.40. The first-order valence-electron chi connectivity index (χ1n) is 10.9. The number of carbonyl (C=O) groups excluding carboxylic acids is 1. The maximum Gasteiger partial charge on any atom is 0.220 e. The van der Waals surface area contributed by atoms with Crippen LogP contribution in [-0.2, 0) is 24.3 Å². The number of pyridine rings is 1. The van der Waals surface area contributed by atoms with Gasteiger partial charge in [-0.15, -0.1) is 0 Å². The molecule has 0 unspecified atom stereocenters. The first-order chi connectivity index (χ1) is 15.4. The number of hydrogen-bond donors (Lipinski definition) is 1. The highest BCUT2D eigenvalue weighted by molar-refractivity contribution is 5.76. The molecule has 2 aromatic heterocycles. The van der Waals surface area contributed by atoms with E-state index in [9.17, 15) is 4.79 Å². The van der Waals surface area contributed by atoms with Gasteiger partial charge in [0.1, 0.15) is 11.5 Å². The van der Waals surface area contributed by atoms with Crippen molar-refractivity contribution in [2.45, 2.75) is 53.6 Å². The number of nitrogens with zero attached hydrogens (tertiary/aromatic N) is 3. The van der Waals surface area contributed by atoms with E-state index < -0.39 is 0 Å². The minimum absolute atomic E-state index is 0.0112. The quantitative estimate of drug-likeness (QED) is 0.502. The van der Waals surface area contributed by atoms with Crippen LogP contribution in [0.3, 0.4) is 0 Å². The molecular formula is C25H32N4O3. The number of aryl methyl sites for hydroxylation is 1. The van der Waals surface area contributed by atoms with Crippen LogP contribution >= 0.6 is 0 Å². The van der Waals surface area contributed by atoms with Crippen LogP contribution < -0.4 is 14.8 Å². The fourth-order valence-corrected chi connectivity index (χ4v) is 3.51. The molecule has 1 amide bonds. The van der Waals surface area contributed by atoms with E-state index in [1.54, 1.807) is 25.4 Å². The van der Waals surface area contributed by atoms with Crippen LogP contribution in [0.2, 0.25) is 0 Å². The predicted molar refractivity (Wildman–Crippen MR) is 124 cm³/mol. The molecule has 2 heterocycles. The van der Waals surface area contributed by atoms with E-state index in [1.807, 2.05) is 35.9 Å². The number of aromatic nitrogens is 3. The van der Waals surface area contributed by atoms with Crippen LogP contribution in [0.25, 0.3) is 0 Å². The second-order valence-corrected chi connectivity index (χ2v) is 8.29. The third-order valence-electron chi connectivity index (χ3n) is 5.22. The highest BCUT2D eigenvalue weighted by Gasteiger charge is 2.14. The standard InChI is InChI=1S/C25H32N4O3/c1-17(2)16-29-19(4)23(18(3)28-29)10-11-24(30)26-14-20-9-12-25(27-15-20)32-22-8-6-7-21(13-22)31-5/h6-9,12-13,15,17H,10-11,14,16H2,1-5H3,(H,26,30). The fraction of sp³-hybridized carbons (Fsp3) is 0.400. The Kier molecular flexibility index (Phi) is 7.87. The minimum Gasteiger partial charge on any atom is -0.497 e. The number of carbonyl (C=O) groups is 1. The van der Waals surface area contributed by atoms with Crippen molar-refractivity contribution in [2.75, 3.05) is 7.11 Å². The normalized spacial score (nSPS) is 10.9. The third-order valence-corrected chi connectivity index (χ3v) is 5.22. The van der Waals surface area contributed by atoms with E-state index in [-0.39, 0.29) is 5.91 Å². The molecule has 0 saturated heterocycles. The second kappa shape index (κ2) is 10.8. The van der Waals surface area contributed by atoms with Crippen molar-refractivity contribution in [2.24, 2.45) is 5.92 Å². The van der Waals surface area contributed by atoms with Crippen LogP contribution in [0.5, 0.6) is 17.4 Å². The molecule has 0 aliphatic carbocycles. The molecule has 0 radical (unpaired) electrons. The number of benzene rings is 1. The van der Waals surface area contributed by atoms with E-state index in [0.717, 1.165) is 29.2 Å². The molecule has 0 aliphatic rings. The van der Waals surface area contributed by atoms with Crippen LogP contribution in [0.1, 0.15) is 42.8 Å². The van der Waals surface area contributed by atoms with Crippen molar-refractivity contribution >= 4 is 5.91 Å². The van der Waals surface area contributed by atoms with Gasteiger partial charge in [-0.3, -0.25) is 9.48 Å². The Morgan fingerprint density at radius 2 is 1.94 bits per heavy atom. The number of ether oxygens (including phenoxy) is 2. The zero-order valence-corrected chi connectivity index (χ0v) is 19.5. The molecule has 170 valence electrons. The van der Waals surface area contributed by atoms with Gasteiger partial charge in [0.25, 0.3) is 0 Å². The van der Waals surface area contributed by atoms with Crippen LogP contribution in [0.4, 0.5) is 0 Å². The molecule has 0 bridgehead atoms. The Balaban J connectivity index is 1.48. The monoisotopic (exact) mass is 436 g/mol. The summed E-state index contributed by atoms with van der Waals surface area (Å²) in [5, 5.41) is 7.60. The van der Waals surface area contributed by atoms with Gasteiger partial charge in [0.05, 0.1) is 12.8 Å². The van der Waals surface area contributed by atoms with Crippen LogP contribution in [-0.4, -0.2) is 27.8 Å². The smallest absolute Gasteiger partial charge is 0.220 e. The molecule has 3 aromatic rings. The number of hydrogen-bond acceptors (Lipinski definition) is 5. The summed E-state index contributed by atoms with van der Waals surface area (Å²) in [6.07, 6.45) is 2.83. The van der Waals surface area contributed by atoms with Gasteiger partial charge in [0, 0.05) is 43.5 Å². The van der Waals surface area contributed by atoms with Gasteiger partial charge in [-0.25, -0.2) is 4.98 Å². The summed E-state index contributed by atoms with van der Waals surface area (Å²) >= 11 is 0. The average molecular weight is 437 g/mol. The van der Waals surface area contributed by atoms with Gasteiger partial charge in [0.15, 0.2) is 0 Å². The molecule has 32 heavy (non-hydrogen) atoms. The first-order valence-corrected chi connectivity index (χ1v) is 10.9. The second-order valence-electron chi connectivity index (χ2n) is 8.29. The van der Waals surface area contributed by atoms with Crippen molar-refractivity contribution in [3.05, 3.63) is 65.1 Å². The lowest BCUT2D eigenvalue weighted by molar-refractivity contribution is -0.121. The lowest BCUT2D eigenvalue weighted by atomic mass is 10.1. The lowest BCUT2D eigenvalue weighted by Gasteiger charge is -2.09. The van der Waals surface area contributed by atoms with Crippen molar-refractivity contribution in [1.82, 2.24) is 20.1 Å². The lowest BCUT2D eigenvalue weighted by Crippen LogP contribution is -2.23. The molecule has 1 N–H and O–H groups in total. The van der Waals surface area contributed by atoms with Gasteiger partial charge in [-0.05, 0) is 49.4 Å². The molecule has 0 atom stereocenters. The van der Waals surface area contributed by atoms with Gasteiger partial charge in [-0.1, -0.05) is 26.0 Å². The number of nitrogens with one attached hydrogen (secondary N) is 1. The molecule has 1 aromatic carbocycles. The number of rotatable bonds is 10. The SMILES string of the molecule is COc1cccc(Oc2ccc(CNC(=O)CCc3c(C)nn(CC(C)C)c3C)cn2)c1. The van der Waals surface area contributed by atoms with E-state index in [0.29, 0.717) is 36.9 Å². The Bertz CT molecular complexity index is 1040. The molecule has 0 fully saturated rings. The molecule has 0 aliphatic heterocycles. The largest absolute Gasteiger partial charge is 0.497 e. The summed E-state index contributed by atoms with van der Waals surface area (Å²) in [4.78, 5) is 16.7. The van der Waals surface area contributed by atoms with Crippen molar-refractivity contribution in [3.63, 3.8) is 0 Å². The van der Waals surface area contributed by atoms with Gasteiger partial charge in [-0.2, -0.15) is 5.10 Å². The van der Waals surface area contributed by atoms with E-state index in [2.05, 4.69) is 36.2 Å². The topological polar surface area (TPSA) is 78.3 Å². The number of methoxy groups -OCH3 is 1. The van der Waals surface area contributed by atoms with E-state index >= 15 is 0 Å². The van der Waals surface area contributed by atoms with Crippen molar-refractivity contribution < 1.29 is 14.3 Å². The minimum atomic E-state index is 0.0112. The zero-order chi connectivity index (χ0) is 23.1. The molecule has 7 heteroatoms. The maximum absolute atomic E-state index is 12.4. The Labute approximate surface area is 189 Å². The van der Waals surface area contributed by atoms with Gasteiger partial charge < -0.3 is 14.8 Å². The first kappa shape index (κ1) is 23.3. The van der Waals surface area contributed by atoms with Gasteiger partial charge >= 0.3 is 0 Å². The molecule has 0 saturated carbocycles. The number of amides is 1. The molecule has 7 nitrogen and oxygen atoms in total. The zero-order valence-electron chi connectivity index (χ0n) is 19.5.